The van der Waals surface area contributed by atoms with E-state index in [-0.39, 0.29) is 11.9 Å². The summed E-state index contributed by atoms with van der Waals surface area (Å²) in [6.07, 6.45) is 0. The van der Waals surface area contributed by atoms with Crippen LogP contribution in [0.5, 0.6) is 0 Å². The summed E-state index contributed by atoms with van der Waals surface area (Å²) in [6.45, 7) is 6.80. The summed E-state index contributed by atoms with van der Waals surface area (Å²) in [6, 6.07) is 13.6. The van der Waals surface area contributed by atoms with Gasteiger partial charge in [0.2, 0.25) is 0 Å². The van der Waals surface area contributed by atoms with Gasteiger partial charge in [-0.3, -0.25) is 4.79 Å². The highest BCUT2D eigenvalue weighted by Crippen LogP contribution is 2.16. The topological polar surface area (TPSA) is 59.8 Å². The Morgan fingerprint density at radius 2 is 1.96 bits per heavy atom. The largest absolute Gasteiger partial charge is 0.346 e. The van der Waals surface area contributed by atoms with Gasteiger partial charge in [-0.25, -0.2) is 4.68 Å². The van der Waals surface area contributed by atoms with Crippen LogP contribution in [0.2, 0.25) is 0 Å². The van der Waals surface area contributed by atoms with Gasteiger partial charge in [0.15, 0.2) is 0 Å². The van der Waals surface area contributed by atoms with Crippen molar-refractivity contribution >= 4 is 16.9 Å². The molecule has 0 radical (unpaired) electrons. The van der Waals surface area contributed by atoms with E-state index >= 15 is 0 Å². The van der Waals surface area contributed by atoms with E-state index in [0.717, 1.165) is 23.1 Å². The Morgan fingerprint density at radius 1 is 1.22 bits per heavy atom. The zero-order valence-electron chi connectivity index (χ0n) is 13.6. The third-order valence-electron chi connectivity index (χ3n) is 4.00. The molecule has 3 rings (SSSR count). The van der Waals surface area contributed by atoms with E-state index in [4.69, 9.17) is 0 Å². The Balaban J connectivity index is 1.78. The molecule has 0 aliphatic heterocycles. The van der Waals surface area contributed by atoms with Gasteiger partial charge in [0, 0.05) is 12.1 Å². The van der Waals surface area contributed by atoms with Crippen LogP contribution in [0, 0.1) is 6.92 Å². The summed E-state index contributed by atoms with van der Waals surface area (Å²) in [5.41, 5.74) is 4.57. The summed E-state index contributed by atoms with van der Waals surface area (Å²) in [5, 5.41) is 11.2. The number of hydrogen-bond acceptors (Lipinski definition) is 3. The molecule has 0 saturated heterocycles. The maximum atomic E-state index is 12.4. The summed E-state index contributed by atoms with van der Waals surface area (Å²) in [5.74, 6) is -0.106. The lowest BCUT2D eigenvalue weighted by molar-refractivity contribution is 0.0940. The van der Waals surface area contributed by atoms with Crippen LogP contribution in [0.4, 0.5) is 0 Å². The molecule has 3 aromatic rings. The summed E-state index contributed by atoms with van der Waals surface area (Å²) >= 11 is 0. The fourth-order valence-electron chi connectivity index (χ4n) is 2.57. The molecule has 0 fully saturated rings. The van der Waals surface area contributed by atoms with Crippen molar-refractivity contribution in [3.8, 4) is 0 Å². The number of carbonyl (C=O) groups excluding carboxylic acids is 1. The number of fused-ring (bicyclic) bond motifs is 1. The number of hydrogen-bond donors (Lipinski definition) is 1. The number of carbonyl (C=O) groups is 1. The second-order valence-electron chi connectivity index (χ2n) is 5.71. The van der Waals surface area contributed by atoms with Crippen molar-refractivity contribution in [1.29, 1.82) is 0 Å². The minimum atomic E-state index is -0.106. The lowest BCUT2D eigenvalue weighted by Crippen LogP contribution is -2.26. The first-order valence-electron chi connectivity index (χ1n) is 7.79. The number of rotatable bonds is 4. The van der Waals surface area contributed by atoms with Crippen LogP contribution >= 0.6 is 0 Å². The summed E-state index contributed by atoms with van der Waals surface area (Å²) in [4.78, 5) is 12.4. The lowest BCUT2D eigenvalue weighted by atomic mass is 10.1. The van der Waals surface area contributed by atoms with Crippen molar-refractivity contribution in [3.05, 3.63) is 59.2 Å². The normalized spacial score (nSPS) is 12.3. The zero-order chi connectivity index (χ0) is 16.4. The fourth-order valence-corrected chi connectivity index (χ4v) is 2.57. The third-order valence-corrected chi connectivity index (χ3v) is 4.00. The van der Waals surface area contributed by atoms with Crippen LogP contribution < -0.4 is 5.32 Å². The molecule has 1 heterocycles. The molecule has 1 unspecified atom stereocenters. The molecule has 1 atom stereocenters. The lowest BCUT2D eigenvalue weighted by Gasteiger charge is -2.14. The predicted octanol–water partition coefficient (Wildman–Crippen LogP) is 3.25. The molecule has 5 heteroatoms. The van der Waals surface area contributed by atoms with Crippen molar-refractivity contribution in [3.63, 3.8) is 0 Å². The summed E-state index contributed by atoms with van der Waals surface area (Å²) < 4.78 is 1.81. The number of nitrogens with one attached hydrogen (secondary N) is 1. The van der Waals surface area contributed by atoms with Crippen molar-refractivity contribution in [2.24, 2.45) is 0 Å². The van der Waals surface area contributed by atoms with Gasteiger partial charge in [0.05, 0.1) is 11.6 Å². The third kappa shape index (κ3) is 3.08. The van der Waals surface area contributed by atoms with Crippen LogP contribution in [0.15, 0.2) is 42.5 Å². The van der Waals surface area contributed by atoms with Crippen LogP contribution in [0.1, 0.15) is 41.4 Å². The fraction of sp³-hybridized carbons (Fsp3) is 0.278. The number of aryl methyl sites for hydroxylation is 2. The predicted molar refractivity (Wildman–Crippen MR) is 90.3 cm³/mol. The van der Waals surface area contributed by atoms with E-state index in [1.54, 1.807) is 6.07 Å². The number of aromatic nitrogens is 3. The van der Waals surface area contributed by atoms with Crippen LogP contribution in [0.3, 0.4) is 0 Å². The first-order valence-corrected chi connectivity index (χ1v) is 7.79. The molecule has 1 amide bonds. The molecule has 5 nitrogen and oxygen atoms in total. The van der Waals surface area contributed by atoms with Gasteiger partial charge >= 0.3 is 0 Å². The number of benzene rings is 2. The SMILES string of the molecule is CCn1nnc2cc(C(=O)NC(C)c3ccc(C)cc3)ccc21. The van der Waals surface area contributed by atoms with E-state index in [2.05, 4.69) is 15.6 Å². The quantitative estimate of drug-likeness (QED) is 0.805. The standard InChI is InChI=1S/C18H20N4O/c1-4-22-17-10-9-15(11-16(17)20-21-22)18(23)19-13(3)14-7-5-12(2)6-8-14/h5-11,13H,4H2,1-3H3,(H,19,23). The molecule has 1 aromatic heterocycles. The smallest absolute Gasteiger partial charge is 0.251 e. The maximum Gasteiger partial charge on any atom is 0.251 e. The van der Waals surface area contributed by atoms with Gasteiger partial charge in [0.1, 0.15) is 5.52 Å². The average molecular weight is 308 g/mol. The Labute approximate surface area is 135 Å². The molecule has 23 heavy (non-hydrogen) atoms. The Hall–Kier alpha value is -2.69. The Morgan fingerprint density at radius 3 is 2.65 bits per heavy atom. The average Bonchev–Trinajstić information content (AvgIpc) is 2.97. The second-order valence-corrected chi connectivity index (χ2v) is 5.71. The zero-order valence-corrected chi connectivity index (χ0v) is 13.6. The van der Waals surface area contributed by atoms with Gasteiger partial charge < -0.3 is 5.32 Å². The molecule has 0 aliphatic carbocycles. The van der Waals surface area contributed by atoms with Crippen molar-refractivity contribution in [2.45, 2.75) is 33.4 Å². The van der Waals surface area contributed by atoms with Gasteiger partial charge in [-0.2, -0.15) is 0 Å². The highest BCUT2D eigenvalue weighted by atomic mass is 16.1. The van der Waals surface area contributed by atoms with Crippen LogP contribution in [0.25, 0.3) is 11.0 Å². The van der Waals surface area contributed by atoms with Crippen molar-refractivity contribution in [1.82, 2.24) is 20.3 Å². The Kier molecular flexibility index (Phi) is 4.10. The van der Waals surface area contributed by atoms with Crippen molar-refractivity contribution in [2.75, 3.05) is 0 Å². The van der Waals surface area contributed by atoms with E-state index in [1.165, 1.54) is 5.56 Å². The highest BCUT2D eigenvalue weighted by Gasteiger charge is 2.13. The van der Waals surface area contributed by atoms with Gasteiger partial charge in [-0.15, -0.1) is 5.10 Å². The minimum Gasteiger partial charge on any atom is -0.346 e. The molecule has 1 N–H and O–H groups in total. The molecule has 0 aliphatic rings. The summed E-state index contributed by atoms with van der Waals surface area (Å²) in [7, 11) is 0. The molecule has 2 aromatic carbocycles. The second kappa shape index (κ2) is 6.20. The van der Waals surface area contributed by atoms with Crippen LogP contribution in [-0.2, 0) is 6.54 Å². The van der Waals surface area contributed by atoms with Crippen molar-refractivity contribution < 1.29 is 4.79 Å². The van der Waals surface area contributed by atoms with E-state index < -0.39 is 0 Å². The minimum absolute atomic E-state index is 0.0508. The first-order chi connectivity index (χ1) is 11.1. The molecule has 0 spiro atoms. The van der Waals surface area contributed by atoms with Crippen LogP contribution in [-0.4, -0.2) is 20.9 Å². The van der Waals surface area contributed by atoms with E-state index in [9.17, 15) is 4.79 Å². The van der Waals surface area contributed by atoms with E-state index in [0.29, 0.717) is 5.56 Å². The maximum absolute atomic E-state index is 12.4. The first kappa shape index (κ1) is 15.2. The molecule has 118 valence electrons. The molecule has 0 saturated carbocycles. The molecule has 0 bridgehead atoms. The van der Waals surface area contributed by atoms with Gasteiger partial charge in [0.25, 0.3) is 5.91 Å². The monoisotopic (exact) mass is 308 g/mol. The molecular weight excluding hydrogens is 288 g/mol. The van der Waals surface area contributed by atoms with Gasteiger partial charge in [-0.1, -0.05) is 35.0 Å². The number of nitrogens with zero attached hydrogens (tertiary/aromatic N) is 3. The number of amides is 1. The van der Waals surface area contributed by atoms with E-state index in [1.807, 2.05) is 61.9 Å². The Bertz CT molecular complexity index is 836. The highest BCUT2D eigenvalue weighted by molar-refractivity contribution is 5.97. The molecular formula is C18H20N4O. The van der Waals surface area contributed by atoms with Gasteiger partial charge in [-0.05, 0) is 44.5 Å².